The Balaban J connectivity index is 2.05. The van der Waals surface area contributed by atoms with Crippen molar-refractivity contribution in [3.8, 4) is 0 Å². The molecule has 0 amide bonds. The van der Waals surface area contributed by atoms with Crippen LogP contribution in [0.2, 0.25) is 0 Å². The second-order valence-corrected chi connectivity index (χ2v) is 7.01. The number of nitrogens with zero attached hydrogens (tertiary/aromatic N) is 2. The van der Waals surface area contributed by atoms with E-state index in [-0.39, 0.29) is 16.8 Å². The first-order valence-corrected chi connectivity index (χ1v) is 8.53. The van der Waals surface area contributed by atoms with Gasteiger partial charge in [0.2, 0.25) is 10.0 Å². The van der Waals surface area contributed by atoms with Crippen LogP contribution in [0.1, 0.15) is 6.42 Å². The fourth-order valence-corrected chi connectivity index (χ4v) is 3.74. The van der Waals surface area contributed by atoms with Gasteiger partial charge in [-0.05, 0) is 18.6 Å². The van der Waals surface area contributed by atoms with E-state index in [0.717, 1.165) is 11.4 Å². The molecule has 6 nitrogen and oxygen atoms in total. The van der Waals surface area contributed by atoms with E-state index < -0.39 is 10.0 Å². The number of hydrogen-bond donors (Lipinski definition) is 1. The lowest BCUT2D eigenvalue weighted by Gasteiger charge is -2.11. The Kier molecular flexibility index (Phi) is 5.28. The van der Waals surface area contributed by atoms with E-state index in [9.17, 15) is 8.42 Å². The van der Waals surface area contributed by atoms with Gasteiger partial charge in [0.05, 0.1) is 23.3 Å². The minimum absolute atomic E-state index is 0.140. The summed E-state index contributed by atoms with van der Waals surface area (Å²) in [4.78, 5) is 0.140. The number of sulfonamides is 1. The van der Waals surface area contributed by atoms with Gasteiger partial charge in [0.1, 0.15) is 16.3 Å². The number of fused-ring (bicyclic) bond motifs is 1. The van der Waals surface area contributed by atoms with Crippen LogP contribution in [0.5, 0.6) is 0 Å². The molecular formula is C11H14ClN3O3S2. The monoisotopic (exact) mass is 335 g/mol. The molecule has 0 bridgehead atoms. The molecular weight excluding hydrogens is 322 g/mol. The van der Waals surface area contributed by atoms with Gasteiger partial charge in [-0.15, -0.1) is 11.6 Å². The van der Waals surface area contributed by atoms with Crippen molar-refractivity contribution < 1.29 is 13.2 Å². The molecule has 0 fully saturated rings. The number of rotatable bonds is 7. The predicted octanol–water partition coefficient (Wildman–Crippen LogP) is 2.34. The van der Waals surface area contributed by atoms with Crippen molar-refractivity contribution >= 4 is 44.4 Å². The maximum atomic E-state index is 12.2. The normalized spacial score (nSPS) is 14.9. The standard InChI is InChI=1S/C11H14ClN3O3S2/c1-18-7-8(12)5-6-13-20(16,17)10-4-2-3-9-11(10)15-19-14-9/h2-4,8,13H,5-7H2,1H3. The topological polar surface area (TPSA) is 80.1 Å². The third-order valence-corrected chi connectivity index (χ3v) is 5.02. The van der Waals surface area contributed by atoms with Crippen LogP contribution >= 0.6 is 11.6 Å². The van der Waals surface area contributed by atoms with Gasteiger partial charge in [0.15, 0.2) is 0 Å². The van der Waals surface area contributed by atoms with Crippen molar-refractivity contribution in [1.82, 2.24) is 4.72 Å². The highest BCUT2D eigenvalue weighted by molar-refractivity contribution is 7.89. The first-order chi connectivity index (χ1) is 9.54. The minimum atomic E-state index is -3.61. The fraction of sp³-hybridized carbons (Fsp3) is 0.455. The van der Waals surface area contributed by atoms with Gasteiger partial charge in [-0.1, -0.05) is 6.07 Å². The van der Waals surface area contributed by atoms with E-state index in [1.54, 1.807) is 19.2 Å². The Morgan fingerprint density at radius 3 is 3.00 bits per heavy atom. The summed E-state index contributed by atoms with van der Waals surface area (Å²) in [6.45, 7) is 0.628. The Morgan fingerprint density at radius 1 is 1.45 bits per heavy atom. The van der Waals surface area contributed by atoms with Crippen LogP contribution in [0.15, 0.2) is 31.8 Å². The molecule has 0 radical (unpaired) electrons. The van der Waals surface area contributed by atoms with Gasteiger partial charge in [0, 0.05) is 13.7 Å². The zero-order valence-electron chi connectivity index (χ0n) is 10.7. The summed E-state index contributed by atoms with van der Waals surface area (Å²) in [5.41, 5.74) is 0.969. The van der Waals surface area contributed by atoms with E-state index in [2.05, 4.69) is 13.4 Å². The molecule has 110 valence electrons. The number of halogens is 1. The van der Waals surface area contributed by atoms with Gasteiger partial charge in [-0.25, -0.2) is 13.1 Å². The number of ether oxygens (including phenoxy) is 1. The average Bonchev–Trinajstić information content (AvgIpc) is 2.86. The van der Waals surface area contributed by atoms with Crippen molar-refractivity contribution in [2.24, 2.45) is 8.73 Å². The van der Waals surface area contributed by atoms with Crippen LogP contribution in [0.3, 0.4) is 0 Å². The predicted molar refractivity (Wildman–Crippen MR) is 79.3 cm³/mol. The van der Waals surface area contributed by atoms with Gasteiger partial charge >= 0.3 is 0 Å². The lowest BCUT2D eigenvalue weighted by Crippen LogP contribution is -2.27. The molecule has 2 rings (SSSR count). The molecule has 1 aliphatic rings. The molecule has 1 N–H and O–H groups in total. The van der Waals surface area contributed by atoms with Crippen molar-refractivity contribution in [2.45, 2.75) is 16.7 Å². The smallest absolute Gasteiger partial charge is 0.242 e. The van der Waals surface area contributed by atoms with Gasteiger partial charge < -0.3 is 4.74 Å². The summed E-state index contributed by atoms with van der Waals surface area (Å²) in [6, 6.07) is 4.89. The molecule has 0 aliphatic carbocycles. The zero-order chi connectivity index (χ0) is 14.6. The number of nitrogens with one attached hydrogen (secondary N) is 1. The Labute approximate surface area is 126 Å². The lowest BCUT2D eigenvalue weighted by atomic mass is 10.3. The summed E-state index contributed by atoms with van der Waals surface area (Å²) < 4.78 is 39.9. The maximum Gasteiger partial charge on any atom is 0.242 e. The first-order valence-electron chi connectivity index (χ1n) is 5.88. The molecule has 1 aromatic carbocycles. The number of benzene rings is 1. The molecule has 1 atom stereocenters. The molecule has 9 heteroatoms. The third kappa shape index (κ3) is 3.64. The molecule has 20 heavy (non-hydrogen) atoms. The maximum absolute atomic E-state index is 12.2. The second-order valence-electron chi connectivity index (χ2n) is 4.13. The Morgan fingerprint density at radius 2 is 2.25 bits per heavy atom. The van der Waals surface area contributed by atoms with E-state index in [1.807, 2.05) is 0 Å². The SMILES string of the molecule is COCC(Cl)CCNS(=O)(=O)c1cccc2c1N=S=N2. The zero-order valence-corrected chi connectivity index (χ0v) is 13.1. The van der Waals surface area contributed by atoms with Crippen molar-refractivity contribution in [1.29, 1.82) is 0 Å². The molecule has 1 unspecified atom stereocenters. The quantitative estimate of drug-likeness (QED) is 0.788. The molecule has 1 aliphatic heterocycles. The van der Waals surface area contributed by atoms with Crippen molar-refractivity contribution in [3.05, 3.63) is 18.2 Å². The average molecular weight is 336 g/mol. The Bertz CT molecular complexity index is 657. The number of alkyl halides is 1. The summed E-state index contributed by atoms with van der Waals surface area (Å²) in [5, 5.41) is -0.223. The van der Waals surface area contributed by atoms with Crippen LogP contribution in [-0.2, 0) is 26.1 Å². The van der Waals surface area contributed by atoms with E-state index >= 15 is 0 Å². The fourth-order valence-electron chi connectivity index (χ4n) is 1.69. The highest BCUT2D eigenvalue weighted by atomic mass is 35.5. The molecule has 1 heterocycles. The number of hydrogen-bond acceptors (Lipinski definition) is 5. The van der Waals surface area contributed by atoms with Crippen LogP contribution in [0, 0.1) is 0 Å². The first kappa shape index (κ1) is 15.6. The molecule has 0 saturated carbocycles. The second kappa shape index (κ2) is 6.77. The van der Waals surface area contributed by atoms with Crippen LogP contribution < -0.4 is 4.72 Å². The van der Waals surface area contributed by atoms with E-state index in [4.69, 9.17) is 16.3 Å². The largest absolute Gasteiger partial charge is 0.383 e. The van der Waals surface area contributed by atoms with Crippen molar-refractivity contribution in [3.63, 3.8) is 0 Å². The van der Waals surface area contributed by atoms with E-state index in [0.29, 0.717) is 24.4 Å². The molecule has 0 spiro atoms. The van der Waals surface area contributed by atoms with Gasteiger partial charge in [0.25, 0.3) is 0 Å². The Hall–Kier alpha value is -0.800. The van der Waals surface area contributed by atoms with Gasteiger partial charge in [-0.3, -0.25) is 0 Å². The van der Waals surface area contributed by atoms with Crippen LogP contribution in [-0.4, -0.2) is 34.1 Å². The number of methoxy groups -OCH3 is 1. The lowest BCUT2D eigenvalue weighted by molar-refractivity contribution is 0.196. The highest BCUT2D eigenvalue weighted by Crippen LogP contribution is 2.37. The van der Waals surface area contributed by atoms with Crippen LogP contribution in [0.4, 0.5) is 11.4 Å². The molecule has 0 aromatic heterocycles. The molecule has 1 aromatic rings. The summed E-state index contributed by atoms with van der Waals surface area (Å²) in [5.74, 6) is 0. The third-order valence-electron chi connectivity index (χ3n) is 2.64. The highest BCUT2D eigenvalue weighted by Gasteiger charge is 2.22. The molecule has 0 saturated heterocycles. The summed E-state index contributed by atoms with van der Waals surface area (Å²) in [6.07, 6.45) is 0.486. The summed E-state index contributed by atoms with van der Waals surface area (Å²) >= 11 is 6.94. The van der Waals surface area contributed by atoms with Gasteiger partial charge in [-0.2, -0.15) is 8.73 Å². The van der Waals surface area contributed by atoms with Crippen molar-refractivity contribution in [2.75, 3.05) is 20.3 Å². The minimum Gasteiger partial charge on any atom is -0.383 e. The van der Waals surface area contributed by atoms with E-state index in [1.165, 1.54) is 6.07 Å². The summed E-state index contributed by atoms with van der Waals surface area (Å²) in [7, 11) is -2.06. The van der Waals surface area contributed by atoms with Crippen LogP contribution in [0.25, 0.3) is 0 Å².